The van der Waals surface area contributed by atoms with Crippen LogP contribution in [0.3, 0.4) is 0 Å². The Kier molecular flexibility index (Phi) is 9.85. The molecule has 0 saturated carbocycles. The first-order valence-electron chi connectivity index (χ1n) is 15.5. The van der Waals surface area contributed by atoms with Crippen LogP contribution in [0.2, 0.25) is 0 Å². The molecule has 6 rings (SSSR count). The van der Waals surface area contributed by atoms with E-state index in [1.54, 1.807) is 0 Å². The number of carbonyl (C=O) groups is 6. The van der Waals surface area contributed by atoms with Crippen molar-refractivity contribution >= 4 is 46.9 Å². The topological polar surface area (TPSA) is 127 Å². The van der Waals surface area contributed by atoms with Crippen molar-refractivity contribution < 1.29 is 82.1 Å². The fourth-order valence-corrected chi connectivity index (χ4v) is 5.90. The Morgan fingerprint density at radius 3 is 0.965 bits per heavy atom. The highest BCUT2D eigenvalue weighted by Crippen LogP contribution is 2.56. The molecule has 4 aromatic carbocycles. The Balaban J connectivity index is 1.25. The molecule has 0 fully saturated rings. The first-order valence-corrected chi connectivity index (χ1v) is 15.5. The first-order chi connectivity index (χ1) is 26.6. The number of ether oxygens (including phenoxy) is 2. The van der Waals surface area contributed by atoms with E-state index in [1.807, 2.05) is 0 Å². The quantitative estimate of drug-likeness (QED) is 0.0811. The van der Waals surface area contributed by atoms with E-state index in [2.05, 4.69) is 0 Å². The van der Waals surface area contributed by atoms with E-state index in [4.69, 9.17) is 9.47 Å². The molecule has 2 heterocycles. The molecular weight excluding hydrogens is 790 g/mol. The lowest BCUT2D eigenvalue weighted by atomic mass is 9.72. The highest BCUT2D eigenvalue weighted by Gasteiger charge is 2.72. The lowest BCUT2D eigenvalue weighted by Crippen LogP contribution is -2.54. The monoisotopic (exact) mass is 806 g/mol. The van der Waals surface area contributed by atoms with E-state index < -0.39 is 122 Å². The Morgan fingerprint density at radius 2 is 0.719 bits per heavy atom. The van der Waals surface area contributed by atoms with Crippen LogP contribution in [0.15, 0.2) is 97.1 Å². The number of rotatable bonds is 8. The zero-order valence-corrected chi connectivity index (χ0v) is 27.7. The van der Waals surface area contributed by atoms with Gasteiger partial charge in [-0.05, 0) is 35.4 Å². The number of esters is 2. The van der Waals surface area contributed by atoms with E-state index in [1.165, 1.54) is 0 Å². The molecule has 0 bridgehead atoms. The number of halogens is 10. The summed E-state index contributed by atoms with van der Waals surface area (Å²) in [7, 11) is 0. The van der Waals surface area contributed by atoms with Crippen LogP contribution in [0, 0.1) is 23.3 Å². The average Bonchev–Trinajstić information content (AvgIpc) is 3.62. The normalized spacial score (nSPS) is 14.6. The summed E-state index contributed by atoms with van der Waals surface area (Å²) in [6, 6.07) is 4.72. The highest BCUT2D eigenvalue weighted by atomic mass is 19.4. The zero-order valence-electron chi connectivity index (χ0n) is 27.7. The number of carbonyl (C=O) groups excluding carboxylic acids is 6. The molecule has 0 radical (unpaired) electrons. The molecule has 4 aromatic rings. The highest BCUT2D eigenvalue weighted by molar-refractivity contribution is 6.29. The van der Waals surface area contributed by atoms with Gasteiger partial charge >= 0.3 is 24.3 Å². The van der Waals surface area contributed by atoms with Gasteiger partial charge in [0.25, 0.3) is 23.6 Å². The fraction of sp³-hybridized carbons (Fsp3) is 0.0811. The molecule has 10 nitrogen and oxygen atoms in total. The van der Waals surface area contributed by atoms with Crippen molar-refractivity contribution in [3.05, 3.63) is 143 Å². The van der Waals surface area contributed by atoms with Crippen molar-refractivity contribution in [1.82, 2.24) is 0 Å². The number of hydrogen-bond donors (Lipinski definition) is 0. The van der Waals surface area contributed by atoms with Gasteiger partial charge < -0.3 is 9.47 Å². The van der Waals surface area contributed by atoms with Crippen molar-refractivity contribution in [2.24, 2.45) is 0 Å². The molecule has 0 aliphatic carbocycles. The van der Waals surface area contributed by atoms with E-state index in [0.717, 1.165) is 24.3 Å². The molecule has 4 amide bonds. The SMILES string of the molecule is O=C(Oc1cc(F)c(N2C(=O)C=CC2=O)c(F)c1)c1ccc(C(c2ccc(C(=O)Oc3cc(F)c(N4C(=O)C=CC4=O)c(F)c3)cc2)(C(F)(F)F)C(F)(F)F)cc1. The standard InChI is InChI=1S/C37H16F10N2O8/c38-23-13-21(14-24(39)31(23)48-27(50)9-10-28(48)51)56-33(54)17-1-5-19(6-2-17)35(36(42,43)44,37(45,46)47)20-7-3-18(4-8-20)34(55)57-22-15-25(40)32(26(41)16-22)49-29(52)11-12-30(49)53/h1-16H. The maximum Gasteiger partial charge on any atom is 0.411 e. The molecule has 2 aliphatic heterocycles. The maximum atomic E-state index is 14.7. The molecule has 0 unspecified atom stereocenters. The summed E-state index contributed by atoms with van der Waals surface area (Å²) >= 11 is 0. The van der Waals surface area contributed by atoms with E-state index in [-0.39, 0.29) is 34.1 Å². The van der Waals surface area contributed by atoms with Crippen molar-refractivity contribution in [3.63, 3.8) is 0 Å². The van der Waals surface area contributed by atoms with E-state index in [9.17, 15) is 72.7 Å². The second-order valence-electron chi connectivity index (χ2n) is 11.8. The summed E-state index contributed by atoms with van der Waals surface area (Å²) in [5, 5.41) is 0. The van der Waals surface area contributed by atoms with Crippen LogP contribution < -0.4 is 19.3 Å². The second-order valence-corrected chi connectivity index (χ2v) is 11.8. The van der Waals surface area contributed by atoms with Gasteiger partial charge in [-0.25, -0.2) is 37.0 Å². The van der Waals surface area contributed by atoms with Gasteiger partial charge in [0.15, 0.2) is 23.3 Å². The lowest BCUT2D eigenvalue weighted by molar-refractivity contribution is -0.288. The molecule has 20 heteroatoms. The summed E-state index contributed by atoms with van der Waals surface area (Å²) in [5.74, 6) is -15.2. The molecule has 0 spiro atoms. The fourth-order valence-electron chi connectivity index (χ4n) is 5.90. The Hall–Kier alpha value is -7.12. The minimum atomic E-state index is -6.15. The molecule has 0 saturated heterocycles. The average molecular weight is 807 g/mol. The summed E-state index contributed by atoms with van der Waals surface area (Å²) in [6.45, 7) is 0. The molecular formula is C37H16F10N2O8. The minimum absolute atomic E-state index is 0.150. The predicted octanol–water partition coefficient (Wildman–Crippen LogP) is 6.95. The first kappa shape index (κ1) is 39.6. The van der Waals surface area contributed by atoms with Crippen molar-refractivity contribution in [3.8, 4) is 11.5 Å². The molecule has 292 valence electrons. The van der Waals surface area contributed by atoms with Crippen LogP contribution in [0.1, 0.15) is 31.8 Å². The van der Waals surface area contributed by atoms with Gasteiger partial charge in [0.1, 0.15) is 22.9 Å². The number of imide groups is 2. The van der Waals surface area contributed by atoms with Crippen molar-refractivity contribution in [1.29, 1.82) is 0 Å². The number of benzene rings is 4. The zero-order chi connectivity index (χ0) is 41.8. The van der Waals surface area contributed by atoms with Crippen molar-refractivity contribution in [2.75, 3.05) is 9.80 Å². The second kappa shape index (κ2) is 14.2. The van der Waals surface area contributed by atoms with Crippen LogP contribution in [0.4, 0.5) is 55.3 Å². The number of nitrogens with zero attached hydrogens (tertiary/aromatic N) is 2. The third-order valence-electron chi connectivity index (χ3n) is 8.43. The Labute approximate surface area is 310 Å². The number of alkyl halides is 6. The van der Waals surface area contributed by atoms with Gasteiger partial charge in [0.2, 0.25) is 5.41 Å². The summed E-state index contributed by atoms with van der Waals surface area (Å²) < 4.78 is 157. The van der Waals surface area contributed by atoms with E-state index >= 15 is 0 Å². The van der Waals surface area contributed by atoms with Gasteiger partial charge in [0.05, 0.1) is 11.1 Å². The summed E-state index contributed by atoms with van der Waals surface area (Å²) in [6.07, 6.45) is -9.36. The number of amides is 4. The molecule has 0 N–H and O–H groups in total. The predicted molar refractivity (Wildman–Crippen MR) is 172 cm³/mol. The smallest absolute Gasteiger partial charge is 0.411 e. The van der Waals surface area contributed by atoms with E-state index in [0.29, 0.717) is 48.5 Å². The molecule has 57 heavy (non-hydrogen) atoms. The van der Waals surface area contributed by atoms with Crippen LogP contribution in [-0.4, -0.2) is 47.9 Å². The maximum absolute atomic E-state index is 14.7. The molecule has 0 atom stereocenters. The van der Waals surface area contributed by atoms with Gasteiger partial charge in [-0.1, -0.05) is 24.3 Å². The molecule has 2 aliphatic rings. The van der Waals surface area contributed by atoms with Gasteiger partial charge in [0, 0.05) is 48.6 Å². The molecule has 0 aromatic heterocycles. The van der Waals surface area contributed by atoms with Gasteiger partial charge in [-0.15, -0.1) is 0 Å². The largest absolute Gasteiger partial charge is 0.423 e. The Bertz CT molecular complexity index is 2200. The van der Waals surface area contributed by atoms with Gasteiger partial charge in [-0.2, -0.15) is 26.3 Å². The van der Waals surface area contributed by atoms with Crippen LogP contribution >= 0.6 is 0 Å². The summed E-state index contributed by atoms with van der Waals surface area (Å²) in [4.78, 5) is 73.1. The third-order valence-corrected chi connectivity index (χ3v) is 8.43. The third kappa shape index (κ3) is 6.89. The van der Waals surface area contributed by atoms with Gasteiger partial charge in [-0.3, -0.25) is 19.2 Å². The summed E-state index contributed by atoms with van der Waals surface area (Å²) in [5.41, 5.74) is -11.4. The lowest BCUT2D eigenvalue weighted by Gasteiger charge is -2.38. The minimum Gasteiger partial charge on any atom is -0.423 e. The number of hydrogen-bond acceptors (Lipinski definition) is 8. The van der Waals surface area contributed by atoms with Crippen molar-refractivity contribution in [2.45, 2.75) is 17.8 Å². The van der Waals surface area contributed by atoms with Crippen LogP contribution in [-0.2, 0) is 24.6 Å². The van der Waals surface area contributed by atoms with Crippen LogP contribution in [0.25, 0.3) is 0 Å². The Morgan fingerprint density at radius 1 is 0.456 bits per heavy atom. The van der Waals surface area contributed by atoms with Crippen LogP contribution in [0.5, 0.6) is 11.5 Å². The number of anilines is 2.